The first-order chi connectivity index (χ1) is 9.36. The molecule has 0 aliphatic rings. The Bertz CT molecular complexity index is 529. The molecule has 0 radical (unpaired) electrons. The number of carbonyl (C=O) groups is 1. The molecule has 20 heavy (non-hydrogen) atoms. The van der Waals surface area contributed by atoms with E-state index < -0.39 is 27.3 Å². The van der Waals surface area contributed by atoms with Crippen molar-refractivity contribution in [3.05, 3.63) is 35.9 Å². The molecular formula is C13H19NO5S. The number of ether oxygens (including phenoxy) is 1. The zero-order valence-electron chi connectivity index (χ0n) is 11.4. The van der Waals surface area contributed by atoms with Crippen molar-refractivity contribution in [3.8, 4) is 0 Å². The van der Waals surface area contributed by atoms with Crippen LogP contribution in [0.2, 0.25) is 0 Å². The molecule has 0 aliphatic heterocycles. The Morgan fingerprint density at radius 2 is 1.95 bits per heavy atom. The number of carboxylic acids is 1. The molecule has 7 heteroatoms. The summed E-state index contributed by atoms with van der Waals surface area (Å²) in [6.07, 6.45) is 0.0924. The minimum atomic E-state index is -3.74. The number of rotatable bonds is 8. The van der Waals surface area contributed by atoms with E-state index in [0.29, 0.717) is 0 Å². The number of hydrogen-bond acceptors (Lipinski definition) is 4. The van der Waals surface area contributed by atoms with Gasteiger partial charge in [0.2, 0.25) is 10.0 Å². The molecule has 1 rings (SSSR count). The van der Waals surface area contributed by atoms with Gasteiger partial charge in [0.1, 0.15) is 6.04 Å². The van der Waals surface area contributed by atoms with Crippen LogP contribution in [-0.2, 0) is 26.0 Å². The highest BCUT2D eigenvalue weighted by molar-refractivity contribution is 7.90. The van der Waals surface area contributed by atoms with Crippen molar-refractivity contribution in [2.75, 3.05) is 13.7 Å². The summed E-state index contributed by atoms with van der Waals surface area (Å²) in [5.41, 5.74) is 0.752. The molecule has 0 aromatic heterocycles. The minimum absolute atomic E-state index is 0.00695. The fraction of sp³-hybridized carbons (Fsp3) is 0.462. The van der Waals surface area contributed by atoms with E-state index in [4.69, 9.17) is 9.84 Å². The maximum atomic E-state index is 12.0. The molecule has 0 saturated heterocycles. The zero-order chi connectivity index (χ0) is 15.2. The first-order valence-electron chi connectivity index (χ1n) is 6.13. The Morgan fingerprint density at radius 1 is 1.35 bits per heavy atom. The maximum absolute atomic E-state index is 12.0. The van der Waals surface area contributed by atoms with Crippen molar-refractivity contribution < 1.29 is 23.1 Å². The summed E-state index contributed by atoms with van der Waals surface area (Å²) >= 11 is 0. The van der Waals surface area contributed by atoms with E-state index in [1.165, 1.54) is 14.0 Å². The number of methoxy groups -OCH3 is 1. The highest BCUT2D eigenvalue weighted by atomic mass is 32.2. The minimum Gasteiger partial charge on any atom is -0.480 e. The number of carboxylic acid groups (broad SMARTS) is 1. The summed E-state index contributed by atoms with van der Waals surface area (Å²) < 4.78 is 30.9. The van der Waals surface area contributed by atoms with Crippen molar-refractivity contribution in [3.63, 3.8) is 0 Å². The van der Waals surface area contributed by atoms with Gasteiger partial charge in [0.25, 0.3) is 0 Å². The summed E-state index contributed by atoms with van der Waals surface area (Å²) in [5, 5.41) is 8.34. The van der Waals surface area contributed by atoms with Crippen molar-refractivity contribution in [1.29, 1.82) is 0 Å². The van der Waals surface area contributed by atoms with Crippen molar-refractivity contribution in [1.82, 2.24) is 4.72 Å². The molecule has 0 heterocycles. The molecule has 0 spiro atoms. The average Bonchev–Trinajstić information content (AvgIpc) is 2.39. The Labute approximate surface area is 118 Å². The largest absolute Gasteiger partial charge is 0.480 e. The summed E-state index contributed by atoms with van der Waals surface area (Å²) in [6.45, 7) is 1.47. The fourth-order valence-electron chi connectivity index (χ4n) is 1.67. The Balaban J connectivity index is 2.80. The van der Waals surface area contributed by atoms with Crippen LogP contribution in [-0.4, -0.2) is 44.5 Å². The van der Waals surface area contributed by atoms with E-state index in [1.807, 2.05) is 6.07 Å². The molecule has 1 aromatic rings. The highest BCUT2D eigenvalue weighted by Crippen LogP contribution is 2.07. The standard InChI is InChI=1S/C13H19NO5S/c1-10(9-19-2)20(17,18)14-12(13(15)16)8-11-6-4-3-5-7-11/h3-7,10,12,14H,8-9H2,1-2H3,(H,15,16)/t10?,12-/m0/s1. The molecule has 1 unspecified atom stereocenters. The summed E-state index contributed by atoms with van der Waals surface area (Å²) in [7, 11) is -2.35. The van der Waals surface area contributed by atoms with E-state index >= 15 is 0 Å². The lowest BCUT2D eigenvalue weighted by Crippen LogP contribution is -2.46. The normalized spacial score (nSPS) is 14.7. The van der Waals surface area contributed by atoms with Gasteiger partial charge in [-0.15, -0.1) is 0 Å². The number of benzene rings is 1. The van der Waals surface area contributed by atoms with Gasteiger partial charge in [0.15, 0.2) is 0 Å². The highest BCUT2D eigenvalue weighted by Gasteiger charge is 2.28. The van der Waals surface area contributed by atoms with E-state index in [2.05, 4.69) is 4.72 Å². The number of hydrogen-bond donors (Lipinski definition) is 2. The Morgan fingerprint density at radius 3 is 2.45 bits per heavy atom. The summed E-state index contributed by atoms with van der Waals surface area (Å²) in [5.74, 6) is -1.21. The van der Waals surface area contributed by atoms with Gasteiger partial charge in [-0.3, -0.25) is 4.79 Å². The predicted molar refractivity (Wildman–Crippen MR) is 75.0 cm³/mol. The van der Waals surface area contributed by atoms with Crippen molar-refractivity contribution in [2.45, 2.75) is 24.6 Å². The second kappa shape index (κ2) is 7.37. The van der Waals surface area contributed by atoms with Gasteiger partial charge in [-0.25, -0.2) is 13.1 Å². The van der Waals surface area contributed by atoms with Crippen LogP contribution in [0.1, 0.15) is 12.5 Å². The Kier molecular flexibility index (Phi) is 6.12. The van der Waals surface area contributed by atoms with E-state index in [1.54, 1.807) is 24.3 Å². The predicted octanol–water partition coefficient (Wildman–Crippen LogP) is 0.637. The van der Waals surface area contributed by atoms with Crippen LogP contribution in [0.4, 0.5) is 0 Å². The molecule has 1 aromatic carbocycles. The quantitative estimate of drug-likeness (QED) is 0.735. The van der Waals surface area contributed by atoms with Gasteiger partial charge in [-0.05, 0) is 18.9 Å². The molecule has 0 aliphatic carbocycles. The van der Waals surface area contributed by atoms with Crippen molar-refractivity contribution >= 4 is 16.0 Å². The van der Waals surface area contributed by atoms with Crippen LogP contribution in [0.25, 0.3) is 0 Å². The zero-order valence-corrected chi connectivity index (χ0v) is 12.3. The van der Waals surface area contributed by atoms with Gasteiger partial charge in [-0.1, -0.05) is 30.3 Å². The molecule has 6 nitrogen and oxygen atoms in total. The second-order valence-electron chi connectivity index (χ2n) is 4.51. The lowest BCUT2D eigenvalue weighted by atomic mass is 10.1. The number of nitrogens with one attached hydrogen (secondary N) is 1. The number of aliphatic carboxylic acids is 1. The summed E-state index contributed by atoms with van der Waals surface area (Å²) in [4.78, 5) is 11.2. The third kappa shape index (κ3) is 4.92. The third-order valence-corrected chi connectivity index (χ3v) is 4.63. The average molecular weight is 301 g/mol. The van der Waals surface area contributed by atoms with Gasteiger partial charge >= 0.3 is 5.97 Å². The van der Waals surface area contributed by atoms with Crippen LogP contribution in [0.15, 0.2) is 30.3 Å². The molecule has 112 valence electrons. The Hall–Kier alpha value is -1.44. The number of sulfonamides is 1. The molecule has 2 N–H and O–H groups in total. The van der Waals surface area contributed by atoms with E-state index in [0.717, 1.165) is 5.56 Å². The van der Waals surface area contributed by atoms with Crippen LogP contribution in [0, 0.1) is 0 Å². The molecule has 0 fully saturated rings. The molecule has 0 bridgehead atoms. The second-order valence-corrected chi connectivity index (χ2v) is 6.64. The molecular weight excluding hydrogens is 282 g/mol. The summed E-state index contributed by atoms with van der Waals surface area (Å²) in [6, 6.07) is 7.67. The topological polar surface area (TPSA) is 92.7 Å². The van der Waals surface area contributed by atoms with Gasteiger partial charge in [0.05, 0.1) is 11.9 Å². The SMILES string of the molecule is COCC(C)S(=O)(=O)N[C@@H](Cc1ccccc1)C(=O)O. The van der Waals surface area contributed by atoms with E-state index in [9.17, 15) is 13.2 Å². The first kappa shape index (κ1) is 16.6. The maximum Gasteiger partial charge on any atom is 0.322 e. The van der Waals surface area contributed by atoms with Gasteiger partial charge in [0, 0.05) is 7.11 Å². The monoisotopic (exact) mass is 301 g/mol. The van der Waals surface area contributed by atoms with Gasteiger partial charge in [-0.2, -0.15) is 0 Å². The third-order valence-electron chi connectivity index (χ3n) is 2.82. The first-order valence-corrected chi connectivity index (χ1v) is 7.68. The lowest BCUT2D eigenvalue weighted by molar-refractivity contribution is -0.138. The fourth-order valence-corrected chi connectivity index (χ4v) is 2.80. The molecule has 2 atom stereocenters. The smallest absolute Gasteiger partial charge is 0.322 e. The van der Waals surface area contributed by atoms with Crippen molar-refractivity contribution in [2.24, 2.45) is 0 Å². The van der Waals surface area contributed by atoms with Crippen LogP contribution in [0.3, 0.4) is 0 Å². The van der Waals surface area contributed by atoms with Gasteiger partial charge < -0.3 is 9.84 Å². The van der Waals surface area contributed by atoms with Crippen LogP contribution in [0.5, 0.6) is 0 Å². The molecule has 0 saturated carbocycles. The van der Waals surface area contributed by atoms with Crippen LogP contribution < -0.4 is 4.72 Å². The lowest BCUT2D eigenvalue weighted by Gasteiger charge is -2.18. The molecule has 0 amide bonds. The van der Waals surface area contributed by atoms with E-state index in [-0.39, 0.29) is 13.0 Å². The van der Waals surface area contributed by atoms with Crippen LogP contribution >= 0.6 is 0 Å².